The lowest BCUT2D eigenvalue weighted by Crippen LogP contribution is -2.02. The summed E-state index contributed by atoms with van der Waals surface area (Å²) in [6.45, 7) is 0. The zero-order chi connectivity index (χ0) is 21.9. The fourth-order valence-corrected chi connectivity index (χ4v) is 6.82. The van der Waals surface area contributed by atoms with Gasteiger partial charge in [0.1, 0.15) is 0 Å². The Hall–Kier alpha value is -3.87. The van der Waals surface area contributed by atoms with Crippen molar-refractivity contribution in [3.8, 4) is 22.8 Å². The molecule has 0 aliphatic rings. The van der Waals surface area contributed by atoms with E-state index in [-0.39, 0.29) is 5.95 Å². The van der Waals surface area contributed by atoms with Gasteiger partial charge in [-0.3, -0.25) is 0 Å². The Morgan fingerprint density at radius 1 is 0.485 bits per heavy atom. The highest BCUT2D eigenvalue weighted by Crippen LogP contribution is 2.41. The van der Waals surface area contributed by atoms with Gasteiger partial charge in [-0.1, -0.05) is 60.7 Å². The maximum absolute atomic E-state index is 6.24. The van der Waals surface area contributed by atoms with Crippen LogP contribution in [0.25, 0.3) is 63.1 Å². The van der Waals surface area contributed by atoms with Crippen molar-refractivity contribution in [1.82, 2.24) is 15.0 Å². The standard InChI is InChI=1S/C27H16N4S2/c28-27-30-25(17-9-5-13-21-23(17)15-7-1-3-11-19(15)32-21)29-26(31-27)18-10-6-14-22-24(18)16-8-2-4-12-20(16)33-22/h1-14H,(H2,28,29,30,31). The Morgan fingerprint density at radius 3 is 1.45 bits per heavy atom. The lowest BCUT2D eigenvalue weighted by molar-refractivity contribution is 1.09. The fraction of sp³-hybridized carbons (Fsp3) is 0. The molecule has 0 spiro atoms. The molecular weight excluding hydrogens is 444 g/mol. The first-order valence-corrected chi connectivity index (χ1v) is 12.2. The molecule has 2 N–H and O–H groups in total. The molecule has 3 heterocycles. The third-order valence-corrected chi connectivity index (χ3v) is 8.21. The van der Waals surface area contributed by atoms with Gasteiger partial charge in [0.05, 0.1) is 0 Å². The van der Waals surface area contributed by atoms with Gasteiger partial charge in [-0.25, -0.2) is 4.98 Å². The molecule has 156 valence electrons. The molecule has 0 atom stereocenters. The lowest BCUT2D eigenvalue weighted by atomic mass is 10.0. The van der Waals surface area contributed by atoms with Crippen LogP contribution in [0.2, 0.25) is 0 Å². The number of nitrogen functional groups attached to an aromatic ring is 1. The lowest BCUT2D eigenvalue weighted by Gasteiger charge is -2.08. The van der Waals surface area contributed by atoms with Crippen molar-refractivity contribution in [3.05, 3.63) is 84.9 Å². The zero-order valence-electron chi connectivity index (χ0n) is 17.3. The molecule has 7 aromatic rings. The summed E-state index contributed by atoms with van der Waals surface area (Å²) in [5, 5.41) is 4.74. The summed E-state index contributed by atoms with van der Waals surface area (Å²) in [7, 11) is 0. The van der Waals surface area contributed by atoms with Crippen molar-refractivity contribution >= 4 is 69.0 Å². The van der Waals surface area contributed by atoms with E-state index in [4.69, 9.17) is 10.7 Å². The van der Waals surface area contributed by atoms with E-state index in [1.165, 1.54) is 29.6 Å². The van der Waals surface area contributed by atoms with Crippen LogP contribution < -0.4 is 5.73 Å². The number of thiophene rings is 2. The average Bonchev–Trinajstić information content (AvgIpc) is 3.42. The molecule has 4 nitrogen and oxygen atoms in total. The van der Waals surface area contributed by atoms with Gasteiger partial charge in [0, 0.05) is 51.5 Å². The van der Waals surface area contributed by atoms with Crippen molar-refractivity contribution in [1.29, 1.82) is 0 Å². The van der Waals surface area contributed by atoms with E-state index in [0.717, 1.165) is 21.9 Å². The fourth-order valence-electron chi connectivity index (χ4n) is 4.56. The Labute approximate surface area is 197 Å². The second-order valence-electron chi connectivity index (χ2n) is 7.89. The molecular formula is C27H16N4S2. The number of nitrogens with two attached hydrogens (primary N) is 1. The van der Waals surface area contributed by atoms with Gasteiger partial charge in [0.15, 0.2) is 11.6 Å². The van der Waals surface area contributed by atoms with Crippen molar-refractivity contribution in [2.24, 2.45) is 0 Å². The smallest absolute Gasteiger partial charge is 0.224 e. The number of fused-ring (bicyclic) bond motifs is 6. The van der Waals surface area contributed by atoms with Crippen molar-refractivity contribution < 1.29 is 0 Å². The predicted octanol–water partition coefficient (Wildman–Crippen LogP) is 7.52. The van der Waals surface area contributed by atoms with Crippen LogP contribution in [0.5, 0.6) is 0 Å². The summed E-state index contributed by atoms with van der Waals surface area (Å²) in [6.07, 6.45) is 0. The highest BCUT2D eigenvalue weighted by molar-refractivity contribution is 7.26. The van der Waals surface area contributed by atoms with Crippen molar-refractivity contribution in [3.63, 3.8) is 0 Å². The van der Waals surface area contributed by atoms with E-state index in [1.54, 1.807) is 22.7 Å². The topological polar surface area (TPSA) is 64.7 Å². The molecule has 0 radical (unpaired) electrons. The summed E-state index contributed by atoms with van der Waals surface area (Å²) in [4.78, 5) is 14.1. The van der Waals surface area contributed by atoms with Crippen molar-refractivity contribution in [2.45, 2.75) is 0 Å². The summed E-state index contributed by atoms with van der Waals surface area (Å²) in [5.74, 6) is 1.43. The third-order valence-electron chi connectivity index (χ3n) is 5.94. The molecule has 0 unspecified atom stereocenters. The second kappa shape index (κ2) is 7.07. The highest BCUT2D eigenvalue weighted by Gasteiger charge is 2.17. The molecule has 4 aromatic carbocycles. The Bertz CT molecular complexity index is 1720. The number of anilines is 1. The molecule has 33 heavy (non-hydrogen) atoms. The SMILES string of the molecule is Nc1nc(-c2cccc3sc4ccccc4c23)nc(-c2cccc3sc4ccccc4c23)n1. The minimum absolute atomic E-state index is 0.225. The molecule has 0 aliphatic heterocycles. The van der Waals surface area contributed by atoms with Gasteiger partial charge in [0.25, 0.3) is 0 Å². The monoisotopic (exact) mass is 460 g/mol. The van der Waals surface area contributed by atoms with Crippen LogP contribution in [0.3, 0.4) is 0 Å². The van der Waals surface area contributed by atoms with Crippen LogP contribution in [-0.2, 0) is 0 Å². The minimum atomic E-state index is 0.225. The average molecular weight is 461 g/mol. The van der Waals surface area contributed by atoms with Crippen LogP contribution in [0.1, 0.15) is 0 Å². The number of benzene rings is 4. The van der Waals surface area contributed by atoms with E-state index in [0.29, 0.717) is 11.6 Å². The molecule has 0 fully saturated rings. The maximum Gasteiger partial charge on any atom is 0.224 e. The summed E-state index contributed by atoms with van der Waals surface area (Å²) in [5.41, 5.74) is 8.19. The van der Waals surface area contributed by atoms with Crippen LogP contribution in [0.4, 0.5) is 5.95 Å². The summed E-state index contributed by atoms with van der Waals surface area (Å²) < 4.78 is 4.91. The largest absolute Gasteiger partial charge is 0.368 e. The Kier molecular flexibility index (Phi) is 4.00. The van der Waals surface area contributed by atoms with Gasteiger partial charge >= 0.3 is 0 Å². The predicted molar refractivity (Wildman–Crippen MR) is 141 cm³/mol. The molecule has 0 aliphatic carbocycles. The van der Waals surface area contributed by atoms with Crippen LogP contribution in [0, 0.1) is 0 Å². The number of hydrogen-bond acceptors (Lipinski definition) is 6. The molecule has 0 bridgehead atoms. The first-order valence-electron chi connectivity index (χ1n) is 10.6. The van der Waals surface area contributed by atoms with Gasteiger partial charge in [0.2, 0.25) is 5.95 Å². The molecule has 6 heteroatoms. The normalized spacial score (nSPS) is 11.8. The van der Waals surface area contributed by atoms with E-state index < -0.39 is 0 Å². The third kappa shape index (κ3) is 2.85. The van der Waals surface area contributed by atoms with Gasteiger partial charge in [-0.15, -0.1) is 22.7 Å². The van der Waals surface area contributed by atoms with E-state index in [1.807, 2.05) is 0 Å². The number of aromatic nitrogens is 3. The second-order valence-corrected chi connectivity index (χ2v) is 10.1. The minimum Gasteiger partial charge on any atom is -0.368 e. The van der Waals surface area contributed by atoms with E-state index >= 15 is 0 Å². The zero-order valence-corrected chi connectivity index (χ0v) is 19.0. The van der Waals surface area contributed by atoms with Crippen LogP contribution in [-0.4, -0.2) is 15.0 Å². The molecule has 0 amide bonds. The van der Waals surface area contributed by atoms with E-state index in [2.05, 4.69) is 94.9 Å². The van der Waals surface area contributed by atoms with Gasteiger partial charge in [-0.05, 0) is 24.3 Å². The first kappa shape index (κ1) is 18.7. The molecule has 0 saturated heterocycles. The Balaban J connectivity index is 1.52. The highest BCUT2D eigenvalue weighted by atomic mass is 32.1. The maximum atomic E-state index is 6.24. The molecule has 0 saturated carbocycles. The number of hydrogen-bond donors (Lipinski definition) is 1. The van der Waals surface area contributed by atoms with Crippen molar-refractivity contribution in [2.75, 3.05) is 5.73 Å². The summed E-state index contributed by atoms with van der Waals surface area (Å²) in [6, 6.07) is 29.4. The van der Waals surface area contributed by atoms with Gasteiger partial charge in [-0.2, -0.15) is 9.97 Å². The number of rotatable bonds is 2. The molecule has 3 aromatic heterocycles. The first-order chi connectivity index (χ1) is 16.3. The van der Waals surface area contributed by atoms with E-state index in [9.17, 15) is 0 Å². The summed E-state index contributed by atoms with van der Waals surface area (Å²) >= 11 is 3.56. The quantitative estimate of drug-likeness (QED) is 0.290. The Morgan fingerprint density at radius 2 is 0.939 bits per heavy atom. The van der Waals surface area contributed by atoms with Crippen LogP contribution >= 0.6 is 22.7 Å². The van der Waals surface area contributed by atoms with Crippen LogP contribution in [0.15, 0.2) is 84.9 Å². The van der Waals surface area contributed by atoms with Gasteiger partial charge < -0.3 is 5.73 Å². The molecule has 7 rings (SSSR count). The number of nitrogens with zero attached hydrogens (tertiary/aromatic N) is 3.